The molecule has 1 amide bonds. The zero-order chi connectivity index (χ0) is 17.5. The van der Waals surface area contributed by atoms with Gasteiger partial charge in [-0.3, -0.25) is 10.1 Å². The number of aromatic nitrogens is 2. The van der Waals surface area contributed by atoms with Gasteiger partial charge in [-0.25, -0.2) is 14.4 Å². The molecule has 0 aliphatic rings. The lowest BCUT2D eigenvalue weighted by molar-refractivity contribution is -0.121. The minimum Gasteiger partial charge on any atom is -0.367 e. The van der Waals surface area contributed by atoms with Gasteiger partial charge >= 0.3 is 0 Å². The number of amides is 1. The normalized spacial score (nSPS) is 10.4. The smallest absolute Gasteiger partial charge is 0.252 e. The van der Waals surface area contributed by atoms with Crippen molar-refractivity contribution in [3.63, 3.8) is 0 Å². The van der Waals surface area contributed by atoms with Crippen LogP contribution < -0.4 is 5.32 Å². The maximum Gasteiger partial charge on any atom is 0.252 e. The number of nitrogens with zero attached hydrogens (tertiary/aromatic N) is 2. The molecule has 126 valence electrons. The fourth-order valence-corrected chi connectivity index (χ4v) is 2.20. The second-order valence-electron chi connectivity index (χ2n) is 5.30. The van der Waals surface area contributed by atoms with Gasteiger partial charge in [-0.05, 0) is 35.9 Å². The topological polar surface area (TPSA) is 64.1 Å². The zero-order valence-corrected chi connectivity index (χ0v) is 13.4. The van der Waals surface area contributed by atoms with Gasteiger partial charge in [-0.2, -0.15) is 0 Å². The number of anilines is 1. The van der Waals surface area contributed by atoms with Crippen LogP contribution in [0, 0.1) is 5.82 Å². The molecule has 0 fully saturated rings. The zero-order valence-electron chi connectivity index (χ0n) is 13.4. The Morgan fingerprint density at radius 3 is 2.56 bits per heavy atom. The molecule has 0 radical (unpaired) electrons. The SMILES string of the molecule is O=C(COCc1ccccc1)Nc1nccc(-c2ccc(F)cc2)n1. The van der Waals surface area contributed by atoms with E-state index in [1.165, 1.54) is 18.3 Å². The summed E-state index contributed by atoms with van der Waals surface area (Å²) in [7, 11) is 0. The number of carbonyl (C=O) groups excluding carboxylic acids is 1. The van der Waals surface area contributed by atoms with Crippen LogP contribution in [0.3, 0.4) is 0 Å². The van der Waals surface area contributed by atoms with Crippen molar-refractivity contribution in [1.82, 2.24) is 9.97 Å². The number of hydrogen-bond donors (Lipinski definition) is 1. The van der Waals surface area contributed by atoms with Gasteiger partial charge in [0, 0.05) is 11.8 Å². The minimum atomic E-state index is -0.341. The molecule has 0 saturated heterocycles. The van der Waals surface area contributed by atoms with Crippen molar-refractivity contribution in [2.24, 2.45) is 0 Å². The van der Waals surface area contributed by atoms with Crippen molar-refractivity contribution in [3.8, 4) is 11.3 Å². The first-order chi connectivity index (χ1) is 12.2. The first-order valence-corrected chi connectivity index (χ1v) is 7.71. The quantitative estimate of drug-likeness (QED) is 0.748. The van der Waals surface area contributed by atoms with Gasteiger partial charge in [-0.1, -0.05) is 30.3 Å². The average Bonchev–Trinajstić information content (AvgIpc) is 2.63. The Kier molecular flexibility index (Phi) is 5.43. The third-order valence-electron chi connectivity index (χ3n) is 3.39. The van der Waals surface area contributed by atoms with Crippen LogP contribution in [-0.4, -0.2) is 22.5 Å². The molecule has 0 atom stereocenters. The van der Waals surface area contributed by atoms with E-state index in [0.29, 0.717) is 12.3 Å². The molecule has 3 rings (SSSR count). The Labute approximate surface area is 144 Å². The van der Waals surface area contributed by atoms with Crippen molar-refractivity contribution in [2.45, 2.75) is 6.61 Å². The Bertz CT molecular complexity index is 839. The first-order valence-electron chi connectivity index (χ1n) is 7.71. The maximum absolute atomic E-state index is 13.0. The number of carbonyl (C=O) groups is 1. The van der Waals surface area contributed by atoms with Crippen LogP contribution in [0.4, 0.5) is 10.3 Å². The maximum atomic E-state index is 13.0. The largest absolute Gasteiger partial charge is 0.367 e. The van der Waals surface area contributed by atoms with Crippen molar-refractivity contribution >= 4 is 11.9 Å². The number of halogens is 1. The number of ether oxygens (including phenoxy) is 1. The predicted octanol–water partition coefficient (Wildman–Crippen LogP) is 3.44. The molecular weight excluding hydrogens is 321 g/mol. The summed E-state index contributed by atoms with van der Waals surface area (Å²) in [5, 5.41) is 2.59. The molecule has 3 aromatic rings. The van der Waals surface area contributed by atoms with Crippen LogP contribution >= 0.6 is 0 Å². The lowest BCUT2D eigenvalue weighted by Crippen LogP contribution is -2.19. The molecule has 5 nitrogen and oxygen atoms in total. The second-order valence-corrected chi connectivity index (χ2v) is 5.30. The molecule has 0 saturated carbocycles. The highest BCUT2D eigenvalue weighted by molar-refractivity contribution is 5.90. The predicted molar refractivity (Wildman–Crippen MR) is 92.2 cm³/mol. The molecular formula is C19H16FN3O2. The van der Waals surface area contributed by atoms with Crippen LogP contribution in [0.15, 0.2) is 66.9 Å². The van der Waals surface area contributed by atoms with Crippen LogP contribution in [0.5, 0.6) is 0 Å². The van der Waals surface area contributed by atoms with Gasteiger partial charge in [0.1, 0.15) is 12.4 Å². The van der Waals surface area contributed by atoms with E-state index < -0.39 is 0 Å². The van der Waals surface area contributed by atoms with E-state index in [2.05, 4.69) is 15.3 Å². The summed E-state index contributed by atoms with van der Waals surface area (Å²) in [5.41, 5.74) is 2.32. The van der Waals surface area contributed by atoms with Crippen molar-refractivity contribution in [2.75, 3.05) is 11.9 Å². The number of rotatable bonds is 6. The third kappa shape index (κ3) is 4.92. The fourth-order valence-electron chi connectivity index (χ4n) is 2.20. The van der Waals surface area contributed by atoms with Gasteiger partial charge in [0.2, 0.25) is 5.95 Å². The van der Waals surface area contributed by atoms with Gasteiger partial charge in [0.05, 0.1) is 12.3 Å². The summed E-state index contributed by atoms with van der Waals surface area (Å²) in [6.45, 7) is 0.254. The Morgan fingerprint density at radius 1 is 1.04 bits per heavy atom. The molecule has 1 aromatic heterocycles. The van der Waals surface area contributed by atoms with Crippen LogP contribution in [-0.2, 0) is 16.1 Å². The minimum absolute atomic E-state index is 0.0982. The molecule has 6 heteroatoms. The summed E-state index contributed by atoms with van der Waals surface area (Å²) >= 11 is 0. The molecule has 2 aromatic carbocycles. The lowest BCUT2D eigenvalue weighted by atomic mass is 10.1. The second kappa shape index (κ2) is 8.12. The van der Waals surface area contributed by atoms with Gasteiger partial charge in [0.15, 0.2) is 0 Å². The highest BCUT2D eigenvalue weighted by Gasteiger charge is 2.07. The van der Waals surface area contributed by atoms with Crippen molar-refractivity contribution in [3.05, 3.63) is 78.2 Å². The molecule has 1 heterocycles. The summed E-state index contributed by atoms with van der Waals surface area (Å²) in [6, 6.07) is 17.2. The summed E-state index contributed by atoms with van der Waals surface area (Å²) < 4.78 is 18.4. The average molecular weight is 337 g/mol. The van der Waals surface area contributed by atoms with E-state index in [4.69, 9.17) is 4.74 Å². The highest BCUT2D eigenvalue weighted by Crippen LogP contribution is 2.17. The number of hydrogen-bond acceptors (Lipinski definition) is 4. The molecule has 0 unspecified atom stereocenters. The Hall–Kier alpha value is -3.12. The Balaban J connectivity index is 1.56. The molecule has 25 heavy (non-hydrogen) atoms. The van der Waals surface area contributed by atoms with E-state index in [-0.39, 0.29) is 24.3 Å². The van der Waals surface area contributed by atoms with E-state index in [1.54, 1.807) is 18.2 Å². The molecule has 1 N–H and O–H groups in total. The summed E-state index contributed by atoms with van der Waals surface area (Å²) in [5.74, 6) is -0.482. The van der Waals surface area contributed by atoms with Gasteiger partial charge in [-0.15, -0.1) is 0 Å². The van der Waals surface area contributed by atoms with Crippen LogP contribution in [0.25, 0.3) is 11.3 Å². The van der Waals surface area contributed by atoms with E-state index in [9.17, 15) is 9.18 Å². The van der Waals surface area contributed by atoms with Crippen molar-refractivity contribution in [1.29, 1.82) is 0 Å². The summed E-state index contributed by atoms with van der Waals surface area (Å²) in [4.78, 5) is 20.2. The molecule has 0 aliphatic heterocycles. The van der Waals surface area contributed by atoms with Crippen LogP contribution in [0.1, 0.15) is 5.56 Å². The highest BCUT2D eigenvalue weighted by atomic mass is 19.1. The summed E-state index contributed by atoms with van der Waals surface area (Å²) in [6.07, 6.45) is 1.53. The first kappa shape index (κ1) is 16.7. The number of nitrogens with one attached hydrogen (secondary N) is 1. The van der Waals surface area contributed by atoms with E-state index >= 15 is 0 Å². The molecule has 0 bridgehead atoms. The van der Waals surface area contributed by atoms with Crippen molar-refractivity contribution < 1.29 is 13.9 Å². The van der Waals surface area contributed by atoms with E-state index in [0.717, 1.165) is 11.1 Å². The lowest BCUT2D eigenvalue weighted by Gasteiger charge is -2.07. The fraction of sp³-hybridized carbons (Fsp3) is 0.105. The van der Waals surface area contributed by atoms with Crippen LogP contribution in [0.2, 0.25) is 0 Å². The monoisotopic (exact) mass is 337 g/mol. The molecule has 0 aliphatic carbocycles. The standard InChI is InChI=1S/C19H16FN3O2/c20-16-8-6-15(7-9-16)17-10-11-21-19(22-17)23-18(24)13-25-12-14-4-2-1-3-5-14/h1-11H,12-13H2,(H,21,22,23,24). The Morgan fingerprint density at radius 2 is 1.80 bits per heavy atom. The molecule has 0 spiro atoms. The van der Waals surface area contributed by atoms with E-state index in [1.807, 2.05) is 30.3 Å². The number of benzene rings is 2. The third-order valence-corrected chi connectivity index (χ3v) is 3.39. The van der Waals surface area contributed by atoms with Gasteiger partial charge in [0.25, 0.3) is 5.91 Å². The van der Waals surface area contributed by atoms with Gasteiger partial charge < -0.3 is 4.74 Å².